The van der Waals surface area contributed by atoms with Crippen molar-refractivity contribution in [2.75, 3.05) is 0 Å². The fraction of sp³-hybridized carbons (Fsp3) is 0.818. The lowest BCUT2D eigenvalue weighted by molar-refractivity contribution is -0.153. The number of nitrogens with zero attached hydrogens (tertiary/aromatic N) is 1. The molecule has 0 radical (unpaired) electrons. The topological polar surface area (TPSA) is 77.8 Å². The molecule has 90 valence electrons. The van der Waals surface area contributed by atoms with Crippen molar-refractivity contribution in [1.82, 2.24) is 4.90 Å². The van der Waals surface area contributed by atoms with Crippen LogP contribution in [0.4, 0.5) is 0 Å². The number of amides is 1. The third kappa shape index (κ3) is 1.69. The normalized spacial score (nSPS) is 34.9. The van der Waals surface area contributed by atoms with E-state index >= 15 is 0 Å². The van der Waals surface area contributed by atoms with Crippen molar-refractivity contribution < 1.29 is 19.8 Å². The summed E-state index contributed by atoms with van der Waals surface area (Å²) >= 11 is 0. The molecule has 5 heteroatoms. The summed E-state index contributed by atoms with van der Waals surface area (Å²) in [6.07, 6.45) is 2.34. The molecule has 0 aromatic rings. The average Bonchev–Trinajstić information content (AvgIpc) is 2.74. The highest BCUT2D eigenvalue weighted by molar-refractivity contribution is 5.87. The monoisotopic (exact) mass is 227 g/mol. The summed E-state index contributed by atoms with van der Waals surface area (Å²) < 4.78 is 0. The molecular formula is C11H17NO4. The SMILES string of the molecule is C[C@@H](O)C(=O)N1[C@H](C(=O)O)C[C@@H]2CCC[C@@H]21. The quantitative estimate of drug-likeness (QED) is 0.707. The van der Waals surface area contributed by atoms with Gasteiger partial charge in [-0.25, -0.2) is 4.79 Å². The number of hydrogen-bond acceptors (Lipinski definition) is 3. The molecule has 2 N–H and O–H groups in total. The van der Waals surface area contributed by atoms with E-state index in [0.717, 1.165) is 19.3 Å². The van der Waals surface area contributed by atoms with Crippen LogP contribution in [0.5, 0.6) is 0 Å². The number of rotatable bonds is 2. The number of fused-ring (bicyclic) bond motifs is 1. The molecule has 16 heavy (non-hydrogen) atoms. The number of likely N-dealkylation sites (tertiary alicyclic amines) is 1. The molecule has 4 atom stereocenters. The number of carboxylic acids is 1. The Hall–Kier alpha value is -1.10. The fourth-order valence-electron chi connectivity index (χ4n) is 3.04. The molecule has 1 aliphatic carbocycles. The second kappa shape index (κ2) is 4.05. The zero-order valence-corrected chi connectivity index (χ0v) is 9.30. The van der Waals surface area contributed by atoms with Crippen LogP contribution in [0.25, 0.3) is 0 Å². The van der Waals surface area contributed by atoms with Crippen molar-refractivity contribution in [3.63, 3.8) is 0 Å². The first-order valence-corrected chi connectivity index (χ1v) is 5.75. The highest BCUT2D eigenvalue weighted by atomic mass is 16.4. The standard InChI is InChI=1S/C11H17NO4/c1-6(13)10(14)12-8-4-2-3-7(8)5-9(12)11(15)16/h6-9,13H,2-5H2,1H3,(H,15,16)/t6-,7+,8+,9+/m1/s1. The Bertz CT molecular complexity index is 315. The Morgan fingerprint density at radius 1 is 1.38 bits per heavy atom. The molecule has 1 heterocycles. The number of aliphatic hydroxyl groups is 1. The lowest BCUT2D eigenvalue weighted by Crippen LogP contribution is -2.48. The van der Waals surface area contributed by atoms with Gasteiger partial charge in [0.05, 0.1) is 0 Å². The minimum Gasteiger partial charge on any atom is -0.480 e. The summed E-state index contributed by atoms with van der Waals surface area (Å²) in [5.74, 6) is -1.09. The van der Waals surface area contributed by atoms with Crippen LogP contribution in [0.1, 0.15) is 32.6 Å². The van der Waals surface area contributed by atoms with E-state index in [9.17, 15) is 14.7 Å². The van der Waals surface area contributed by atoms with Crippen molar-refractivity contribution in [3.05, 3.63) is 0 Å². The number of aliphatic carboxylic acids is 1. The zero-order chi connectivity index (χ0) is 11.9. The van der Waals surface area contributed by atoms with Crippen LogP contribution in [0.3, 0.4) is 0 Å². The maximum atomic E-state index is 11.8. The van der Waals surface area contributed by atoms with Crippen LogP contribution in [-0.2, 0) is 9.59 Å². The summed E-state index contributed by atoms with van der Waals surface area (Å²) in [6, 6.07) is -0.708. The van der Waals surface area contributed by atoms with Gasteiger partial charge in [-0.15, -0.1) is 0 Å². The second-order valence-corrected chi connectivity index (χ2v) is 4.77. The van der Waals surface area contributed by atoms with Gasteiger partial charge in [-0.05, 0) is 32.1 Å². The van der Waals surface area contributed by atoms with Crippen LogP contribution in [0.2, 0.25) is 0 Å². The van der Waals surface area contributed by atoms with Gasteiger partial charge in [-0.3, -0.25) is 4.79 Å². The van der Waals surface area contributed by atoms with Gasteiger partial charge in [0.1, 0.15) is 12.1 Å². The molecule has 1 saturated carbocycles. The predicted molar refractivity (Wildman–Crippen MR) is 55.7 cm³/mol. The summed E-state index contributed by atoms with van der Waals surface area (Å²) in [7, 11) is 0. The number of hydrogen-bond donors (Lipinski definition) is 2. The van der Waals surface area contributed by atoms with Crippen molar-refractivity contribution in [3.8, 4) is 0 Å². The number of carbonyl (C=O) groups excluding carboxylic acids is 1. The van der Waals surface area contributed by atoms with E-state index in [1.165, 1.54) is 11.8 Å². The van der Waals surface area contributed by atoms with Crippen LogP contribution >= 0.6 is 0 Å². The summed E-state index contributed by atoms with van der Waals surface area (Å²) in [4.78, 5) is 24.3. The van der Waals surface area contributed by atoms with Gasteiger partial charge in [-0.2, -0.15) is 0 Å². The van der Waals surface area contributed by atoms with Crippen LogP contribution in [-0.4, -0.2) is 45.2 Å². The van der Waals surface area contributed by atoms with Gasteiger partial charge in [-0.1, -0.05) is 6.42 Å². The van der Waals surface area contributed by atoms with Gasteiger partial charge in [0.25, 0.3) is 5.91 Å². The van der Waals surface area contributed by atoms with Gasteiger partial charge >= 0.3 is 5.97 Å². The maximum absolute atomic E-state index is 11.8. The molecule has 1 amide bonds. The Morgan fingerprint density at radius 2 is 2.06 bits per heavy atom. The first kappa shape index (κ1) is 11.4. The molecule has 2 fully saturated rings. The summed E-state index contributed by atoms with van der Waals surface area (Å²) in [6.45, 7) is 1.39. The smallest absolute Gasteiger partial charge is 0.326 e. The summed E-state index contributed by atoms with van der Waals surface area (Å²) in [5, 5.41) is 18.4. The van der Waals surface area contributed by atoms with E-state index in [1.807, 2.05) is 0 Å². The van der Waals surface area contributed by atoms with E-state index in [-0.39, 0.29) is 6.04 Å². The number of carboxylic acid groups (broad SMARTS) is 1. The van der Waals surface area contributed by atoms with Gasteiger partial charge in [0, 0.05) is 6.04 Å². The molecule has 0 spiro atoms. The third-order valence-corrected chi connectivity index (χ3v) is 3.73. The molecule has 2 rings (SSSR count). The van der Waals surface area contributed by atoms with Crippen LogP contribution in [0, 0.1) is 5.92 Å². The Labute approximate surface area is 94.0 Å². The maximum Gasteiger partial charge on any atom is 0.326 e. The van der Waals surface area contributed by atoms with E-state index in [0.29, 0.717) is 12.3 Å². The highest BCUT2D eigenvalue weighted by Crippen LogP contribution is 2.41. The Balaban J connectivity index is 2.22. The predicted octanol–water partition coefficient (Wildman–Crippen LogP) is 0.221. The molecule has 0 unspecified atom stereocenters. The fourth-order valence-corrected chi connectivity index (χ4v) is 3.04. The van der Waals surface area contributed by atoms with Crippen LogP contribution in [0.15, 0.2) is 0 Å². The van der Waals surface area contributed by atoms with E-state index in [1.54, 1.807) is 0 Å². The molecule has 5 nitrogen and oxygen atoms in total. The van der Waals surface area contributed by atoms with E-state index in [2.05, 4.69) is 0 Å². The third-order valence-electron chi connectivity index (χ3n) is 3.73. The van der Waals surface area contributed by atoms with E-state index in [4.69, 9.17) is 5.11 Å². The largest absolute Gasteiger partial charge is 0.480 e. The lowest BCUT2D eigenvalue weighted by Gasteiger charge is -2.28. The number of carbonyl (C=O) groups is 2. The van der Waals surface area contributed by atoms with Gasteiger partial charge in [0.15, 0.2) is 0 Å². The number of aliphatic hydroxyl groups excluding tert-OH is 1. The molecule has 0 bridgehead atoms. The van der Waals surface area contributed by atoms with Crippen molar-refractivity contribution in [2.45, 2.75) is 50.8 Å². The van der Waals surface area contributed by atoms with Crippen molar-refractivity contribution in [1.29, 1.82) is 0 Å². The first-order valence-electron chi connectivity index (χ1n) is 5.75. The van der Waals surface area contributed by atoms with Crippen LogP contribution < -0.4 is 0 Å². The van der Waals surface area contributed by atoms with Gasteiger partial charge in [0.2, 0.25) is 0 Å². The molecule has 1 aliphatic heterocycles. The minimum absolute atomic E-state index is 0.0307. The molecular weight excluding hydrogens is 210 g/mol. The van der Waals surface area contributed by atoms with E-state index < -0.39 is 24.0 Å². The summed E-state index contributed by atoms with van der Waals surface area (Å²) in [5.41, 5.74) is 0. The molecule has 0 aromatic carbocycles. The molecule has 0 aromatic heterocycles. The minimum atomic E-state index is -1.11. The molecule has 2 aliphatic rings. The van der Waals surface area contributed by atoms with Gasteiger partial charge < -0.3 is 15.1 Å². The highest BCUT2D eigenvalue weighted by Gasteiger charge is 2.49. The average molecular weight is 227 g/mol. The Kier molecular flexibility index (Phi) is 2.88. The van der Waals surface area contributed by atoms with Crippen molar-refractivity contribution >= 4 is 11.9 Å². The first-order chi connectivity index (χ1) is 7.52. The second-order valence-electron chi connectivity index (χ2n) is 4.77. The lowest BCUT2D eigenvalue weighted by atomic mass is 10.0. The molecule has 1 saturated heterocycles. The zero-order valence-electron chi connectivity index (χ0n) is 9.30. The van der Waals surface area contributed by atoms with Crippen molar-refractivity contribution in [2.24, 2.45) is 5.92 Å². The Morgan fingerprint density at radius 3 is 2.62 bits per heavy atom.